The molecular weight excluding hydrogens is 391 g/mol. The number of carbonyl (C=O) groups is 1. The number of hydrogen-bond donors (Lipinski definition) is 2. The maximum absolute atomic E-state index is 13.7. The lowest BCUT2D eigenvalue weighted by atomic mass is 10.1. The van der Waals surface area contributed by atoms with Gasteiger partial charge in [0.25, 0.3) is 5.91 Å². The van der Waals surface area contributed by atoms with E-state index in [1.54, 1.807) is 36.4 Å². The molecule has 1 amide bonds. The van der Waals surface area contributed by atoms with E-state index in [1.807, 2.05) is 0 Å². The Bertz CT molecular complexity index is 788. The molecule has 2 aromatic rings. The molecule has 0 aliphatic heterocycles. The second-order valence-electron chi connectivity index (χ2n) is 5.82. The Morgan fingerprint density at radius 3 is 2.76 bits per heavy atom. The van der Waals surface area contributed by atoms with Crippen molar-refractivity contribution >= 4 is 28.1 Å². The lowest BCUT2D eigenvalue weighted by Gasteiger charge is -2.14. The zero-order chi connectivity index (χ0) is 18.4. The molecule has 0 atom stereocenters. The summed E-state index contributed by atoms with van der Waals surface area (Å²) in [6.07, 6.45) is 1.39. The largest absolute Gasteiger partial charge is 0.488 e. The van der Waals surface area contributed by atoms with Crippen molar-refractivity contribution in [2.45, 2.75) is 26.1 Å². The van der Waals surface area contributed by atoms with Crippen LogP contribution in [0.3, 0.4) is 0 Å². The van der Waals surface area contributed by atoms with Crippen LogP contribution in [0, 0.1) is 5.82 Å². The zero-order valence-electron chi connectivity index (χ0n) is 13.8. The van der Waals surface area contributed by atoms with E-state index >= 15 is 0 Å². The lowest BCUT2D eigenvalue weighted by molar-refractivity contribution is -0.136. The summed E-state index contributed by atoms with van der Waals surface area (Å²) in [5, 5.41) is 13.4. The molecule has 25 heavy (non-hydrogen) atoms. The third-order valence-corrected chi connectivity index (χ3v) is 3.73. The van der Waals surface area contributed by atoms with Gasteiger partial charge in [-0.05, 0) is 38.1 Å². The first-order valence-electron chi connectivity index (χ1n) is 7.49. The van der Waals surface area contributed by atoms with Crippen LogP contribution in [0.1, 0.15) is 25.0 Å². The third kappa shape index (κ3) is 5.65. The van der Waals surface area contributed by atoms with Crippen molar-refractivity contribution in [1.29, 1.82) is 0 Å². The fourth-order valence-electron chi connectivity index (χ4n) is 1.82. The number of halogens is 2. The SMILES string of the molecule is CC(C)(O)C(=O)N/N=C\c1cc(Br)ccc1OCc1ccccc1F. The summed E-state index contributed by atoms with van der Waals surface area (Å²) in [6.45, 7) is 2.78. The molecule has 0 aliphatic rings. The number of nitrogens with one attached hydrogen (secondary N) is 1. The fraction of sp³-hybridized carbons (Fsp3) is 0.222. The highest BCUT2D eigenvalue weighted by atomic mass is 79.9. The topological polar surface area (TPSA) is 70.9 Å². The van der Waals surface area contributed by atoms with Crippen LogP contribution in [0.25, 0.3) is 0 Å². The van der Waals surface area contributed by atoms with Crippen molar-refractivity contribution in [2.75, 3.05) is 0 Å². The van der Waals surface area contributed by atoms with Crippen molar-refractivity contribution in [1.82, 2.24) is 5.43 Å². The summed E-state index contributed by atoms with van der Waals surface area (Å²) in [5.74, 6) is -0.493. The van der Waals surface area contributed by atoms with Gasteiger partial charge < -0.3 is 9.84 Å². The maximum Gasteiger partial charge on any atom is 0.271 e. The van der Waals surface area contributed by atoms with Gasteiger partial charge in [-0.15, -0.1) is 0 Å². The Hall–Kier alpha value is -2.25. The summed E-state index contributed by atoms with van der Waals surface area (Å²) in [6, 6.07) is 11.6. The molecule has 2 aromatic carbocycles. The minimum Gasteiger partial charge on any atom is -0.488 e. The van der Waals surface area contributed by atoms with E-state index in [0.29, 0.717) is 16.9 Å². The second-order valence-corrected chi connectivity index (χ2v) is 6.74. The number of hydrazone groups is 1. The summed E-state index contributed by atoms with van der Waals surface area (Å²) >= 11 is 3.35. The first-order valence-corrected chi connectivity index (χ1v) is 8.28. The van der Waals surface area contributed by atoms with E-state index in [1.165, 1.54) is 26.1 Å². The number of aliphatic hydroxyl groups is 1. The van der Waals surface area contributed by atoms with Gasteiger partial charge in [-0.25, -0.2) is 9.82 Å². The highest BCUT2D eigenvalue weighted by Crippen LogP contribution is 2.23. The molecule has 0 heterocycles. The summed E-state index contributed by atoms with van der Waals surface area (Å²) in [7, 11) is 0. The van der Waals surface area contributed by atoms with E-state index in [2.05, 4.69) is 26.5 Å². The van der Waals surface area contributed by atoms with Crippen molar-refractivity contribution < 1.29 is 19.0 Å². The van der Waals surface area contributed by atoms with Gasteiger partial charge in [-0.2, -0.15) is 5.10 Å². The summed E-state index contributed by atoms with van der Waals surface area (Å²) in [5.41, 5.74) is 1.74. The zero-order valence-corrected chi connectivity index (χ0v) is 15.4. The molecule has 0 fully saturated rings. The summed E-state index contributed by atoms with van der Waals surface area (Å²) in [4.78, 5) is 11.6. The molecule has 0 radical (unpaired) electrons. The quantitative estimate of drug-likeness (QED) is 0.568. The highest BCUT2D eigenvalue weighted by molar-refractivity contribution is 9.10. The molecule has 0 aliphatic carbocycles. The Balaban J connectivity index is 2.12. The van der Waals surface area contributed by atoms with Gasteiger partial charge in [0.05, 0.1) is 6.21 Å². The predicted octanol–water partition coefficient (Wildman–Crippen LogP) is 3.39. The Kier molecular flexibility index (Phi) is 6.27. The van der Waals surface area contributed by atoms with Gasteiger partial charge in [-0.1, -0.05) is 34.1 Å². The Morgan fingerprint density at radius 1 is 1.36 bits per heavy atom. The fourth-order valence-corrected chi connectivity index (χ4v) is 2.20. The number of nitrogens with zero attached hydrogens (tertiary/aromatic N) is 1. The highest BCUT2D eigenvalue weighted by Gasteiger charge is 2.22. The number of hydrogen-bond acceptors (Lipinski definition) is 4. The van der Waals surface area contributed by atoms with E-state index in [9.17, 15) is 14.3 Å². The molecular formula is C18H18BrFN2O3. The number of benzene rings is 2. The van der Waals surface area contributed by atoms with Crippen LogP contribution in [0.2, 0.25) is 0 Å². The molecule has 0 saturated carbocycles. The normalized spacial score (nSPS) is 11.6. The van der Waals surface area contributed by atoms with Crippen LogP contribution in [0.4, 0.5) is 4.39 Å². The van der Waals surface area contributed by atoms with Gasteiger partial charge in [0.1, 0.15) is 23.8 Å². The molecule has 0 saturated heterocycles. The molecule has 0 bridgehead atoms. The van der Waals surface area contributed by atoms with Crippen molar-refractivity contribution in [2.24, 2.45) is 5.10 Å². The van der Waals surface area contributed by atoms with Gasteiger partial charge in [-0.3, -0.25) is 4.79 Å². The third-order valence-electron chi connectivity index (χ3n) is 3.24. The monoisotopic (exact) mass is 408 g/mol. The number of carbonyl (C=O) groups excluding carboxylic acids is 1. The smallest absolute Gasteiger partial charge is 0.271 e. The molecule has 0 spiro atoms. The average Bonchev–Trinajstić information content (AvgIpc) is 2.54. The van der Waals surface area contributed by atoms with Crippen molar-refractivity contribution in [3.05, 3.63) is 63.9 Å². The van der Waals surface area contributed by atoms with Gasteiger partial charge in [0, 0.05) is 15.6 Å². The minimum absolute atomic E-state index is 0.0607. The first-order chi connectivity index (χ1) is 11.8. The molecule has 132 valence electrons. The lowest BCUT2D eigenvalue weighted by Crippen LogP contribution is -2.39. The minimum atomic E-state index is -1.53. The van der Waals surface area contributed by atoms with Crippen LogP contribution in [-0.4, -0.2) is 22.8 Å². The second kappa shape index (κ2) is 8.22. The van der Waals surface area contributed by atoms with Gasteiger partial charge in [0.15, 0.2) is 0 Å². The molecule has 0 aromatic heterocycles. The molecule has 7 heteroatoms. The average molecular weight is 409 g/mol. The van der Waals surface area contributed by atoms with Crippen LogP contribution in [0.15, 0.2) is 52.0 Å². The van der Waals surface area contributed by atoms with Crippen molar-refractivity contribution in [3.8, 4) is 5.75 Å². The van der Waals surface area contributed by atoms with E-state index in [-0.39, 0.29) is 12.4 Å². The Morgan fingerprint density at radius 2 is 2.08 bits per heavy atom. The molecule has 0 unspecified atom stereocenters. The molecule has 2 N–H and O–H groups in total. The van der Waals surface area contributed by atoms with E-state index in [0.717, 1.165) is 4.47 Å². The van der Waals surface area contributed by atoms with Crippen LogP contribution >= 0.6 is 15.9 Å². The number of amides is 1. The van der Waals surface area contributed by atoms with Crippen LogP contribution in [-0.2, 0) is 11.4 Å². The molecule has 2 rings (SSSR count). The van der Waals surface area contributed by atoms with E-state index in [4.69, 9.17) is 4.74 Å². The van der Waals surface area contributed by atoms with E-state index < -0.39 is 11.5 Å². The first kappa shape index (κ1) is 19.1. The van der Waals surface area contributed by atoms with Gasteiger partial charge in [0.2, 0.25) is 0 Å². The van der Waals surface area contributed by atoms with Crippen LogP contribution in [0.5, 0.6) is 5.75 Å². The standard InChI is InChI=1S/C18H18BrFN2O3/c1-18(2,24)17(23)22-21-10-13-9-14(19)7-8-16(13)25-11-12-5-3-4-6-15(12)20/h3-10,24H,11H2,1-2H3,(H,22,23)/b21-10-. The van der Waals surface area contributed by atoms with Gasteiger partial charge >= 0.3 is 0 Å². The predicted molar refractivity (Wildman–Crippen MR) is 96.9 cm³/mol. The summed E-state index contributed by atoms with van der Waals surface area (Å²) < 4.78 is 20.1. The van der Waals surface area contributed by atoms with Crippen LogP contribution < -0.4 is 10.2 Å². The van der Waals surface area contributed by atoms with Crippen molar-refractivity contribution in [3.63, 3.8) is 0 Å². The Labute approximate surface area is 153 Å². The maximum atomic E-state index is 13.7. The number of rotatable bonds is 6. The molecule has 5 nitrogen and oxygen atoms in total. The number of ether oxygens (including phenoxy) is 1.